The summed E-state index contributed by atoms with van der Waals surface area (Å²) in [5, 5.41) is 4.96. The van der Waals surface area contributed by atoms with Crippen LogP contribution in [0.5, 0.6) is 0 Å². The Morgan fingerprint density at radius 1 is 0.465 bits per heavy atom. The van der Waals surface area contributed by atoms with Crippen molar-refractivity contribution < 1.29 is 0 Å². The van der Waals surface area contributed by atoms with Crippen molar-refractivity contribution in [1.29, 1.82) is 0 Å². The molecule has 0 spiro atoms. The highest BCUT2D eigenvalue weighted by atomic mass is 15.1. The van der Waals surface area contributed by atoms with Crippen LogP contribution in [0.4, 0.5) is 17.1 Å². The van der Waals surface area contributed by atoms with Crippen LogP contribution >= 0.6 is 0 Å². The molecule has 0 saturated heterocycles. The van der Waals surface area contributed by atoms with Gasteiger partial charge in [0.2, 0.25) is 0 Å². The number of nitrogens with zero attached hydrogens (tertiary/aromatic N) is 1. The summed E-state index contributed by atoms with van der Waals surface area (Å²) in [5.41, 5.74) is 12.7. The van der Waals surface area contributed by atoms with Crippen LogP contribution in [0.1, 0.15) is 30.5 Å². The molecular formula is C42H33N. The first-order chi connectivity index (χ1) is 21.0. The summed E-state index contributed by atoms with van der Waals surface area (Å²) in [7, 11) is 0. The second-order valence-electron chi connectivity index (χ2n) is 12.3. The van der Waals surface area contributed by atoms with E-state index in [0.29, 0.717) is 0 Å². The topological polar surface area (TPSA) is 3.24 Å². The lowest BCUT2D eigenvalue weighted by atomic mass is 9.82. The van der Waals surface area contributed by atoms with E-state index in [9.17, 15) is 0 Å². The Balaban J connectivity index is 1.40. The van der Waals surface area contributed by atoms with Gasteiger partial charge >= 0.3 is 0 Å². The molecule has 1 heteroatoms. The number of rotatable bonds is 4. The van der Waals surface area contributed by atoms with Gasteiger partial charge < -0.3 is 4.90 Å². The third kappa shape index (κ3) is 4.00. The molecular weight excluding hydrogens is 518 g/mol. The Hall–Kier alpha value is -5.14. The molecule has 7 aromatic carbocycles. The molecule has 0 heterocycles. The molecule has 0 fully saturated rings. The average Bonchev–Trinajstić information content (AvgIpc) is 3.27. The van der Waals surface area contributed by atoms with Crippen LogP contribution in [0.2, 0.25) is 0 Å². The average molecular weight is 552 g/mol. The van der Waals surface area contributed by atoms with Gasteiger partial charge in [-0.05, 0) is 75.3 Å². The first kappa shape index (κ1) is 25.6. The highest BCUT2D eigenvalue weighted by Gasteiger charge is 2.35. The van der Waals surface area contributed by atoms with Crippen molar-refractivity contribution in [2.45, 2.75) is 26.2 Å². The molecule has 0 amide bonds. The fourth-order valence-electron chi connectivity index (χ4n) is 7.12. The van der Waals surface area contributed by atoms with Gasteiger partial charge in [0.1, 0.15) is 0 Å². The molecule has 43 heavy (non-hydrogen) atoms. The maximum absolute atomic E-state index is 2.48. The summed E-state index contributed by atoms with van der Waals surface area (Å²) >= 11 is 0. The minimum absolute atomic E-state index is 0.0796. The molecule has 0 atom stereocenters. The maximum atomic E-state index is 2.48. The Morgan fingerprint density at radius 2 is 1.07 bits per heavy atom. The van der Waals surface area contributed by atoms with E-state index in [2.05, 4.69) is 171 Å². The van der Waals surface area contributed by atoms with Crippen LogP contribution in [-0.4, -0.2) is 0 Å². The summed E-state index contributed by atoms with van der Waals surface area (Å²) in [6.07, 6.45) is 0. The Labute approximate surface area is 253 Å². The number of benzene rings is 7. The number of anilines is 3. The monoisotopic (exact) mass is 551 g/mol. The van der Waals surface area contributed by atoms with E-state index in [1.807, 2.05) is 0 Å². The molecule has 0 saturated carbocycles. The molecule has 7 aromatic rings. The van der Waals surface area contributed by atoms with Crippen molar-refractivity contribution >= 4 is 38.6 Å². The zero-order chi connectivity index (χ0) is 29.1. The van der Waals surface area contributed by atoms with Gasteiger partial charge in [-0.1, -0.05) is 141 Å². The van der Waals surface area contributed by atoms with Crippen LogP contribution in [0.15, 0.2) is 146 Å². The molecule has 0 aromatic heterocycles. The second kappa shape index (κ2) is 9.71. The predicted octanol–water partition coefficient (Wildman–Crippen LogP) is 11.7. The fraction of sp³-hybridized carbons (Fsp3) is 0.0952. The third-order valence-corrected chi connectivity index (χ3v) is 9.34. The largest absolute Gasteiger partial charge is 0.309 e. The van der Waals surface area contributed by atoms with Crippen LogP contribution in [0, 0.1) is 6.92 Å². The molecule has 0 unspecified atom stereocenters. The smallest absolute Gasteiger partial charge is 0.0540 e. The molecule has 0 aliphatic heterocycles. The zero-order valence-corrected chi connectivity index (χ0v) is 24.8. The first-order valence-electron chi connectivity index (χ1n) is 15.1. The van der Waals surface area contributed by atoms with Crippen molar-refractivity contribution in [3.63, 3.8) is 0 Å². The van der Waals surface area contributed by atoms with Crippen molar-refractivity contribution in [1.82, 2.24) is 0 Å². The molecule has 1 aliphatic rings. The van der Waals surface area contributed by atoms with Crippen LogP contribution in [0.25, 0.3) is 43.8 Å². The Kier molecular flexibility index (Phi) is 5.77. The summed E-state index contributed by atoms with van der Waals surface area (Å²) < 4.78 is 0. The van der Waals surface area contributed by atoms with Crippen molar-refractivity contribution in [3.05, 3.63) is 162 Å². The van der Waals surface area contributed by atoms with Gasteiger partial charge in [-0.15, -0.1) is 0 Å². The summed E-state index contributed by atoms with van der Waals surface area (Å²) in [6, 6.07) is 53.6. The molecule has 8 rings (SSSR count). The van der Waals surface area contributed by atoms with Crippen LogP contribution in [-0.2, 0) is 5.41 Å². The van der Waals surface area contributed by atoms with E-state index < -0.39 is 0 Å². The number of aryl methyl sites for hydroxylation is 1. The predicted molar refractivity (Wildman–Crippen MR) is 184 cm³/mol. The first-order valence-corrected chi connectivity index (χ1v) is 15.1. The summed E-state index contributed by atoms with van der Waals surface area (Å²) in [6.45, 7) is 6.86. The van der Waals surface area contributed by atoms with Gasteiger partial charge in [0.05, 0.1) is 11.4 Å². The van der Waals surface area contributed by atoms with E-state index >= 15 is 0 Å². The number of fused-ring (bicyclic) bond motifs is 5. The van der Waals surface area contributed by atoms with E-state index in [0.717, 1.165) is 0 Å². The maximum Gasteiger partial charge on any atom is 0.0540 e. The molecule has 206 valence electrons. The van der Waals surface area contributed by atoms with E-state index in [-0.39, 0.29) is 5.41 Å². The second-order valence-corrected chi connectivity index (χ2v) is 12.3. The number of hydrogen-bond donors (Lipinski definition) is 0. The van der Waals surface area contributed by atoms with E-state index in [4.69, 9.17) is 0 Å². The van der Waals surface area contributed by atoms with Gasteiger partial charge in [-0.3, -0.25) is 0 Å². The van der Waals surface area contributed by atoms with Crippen LogP contribution in [0.3, 0.4) is 0 Å². The third-order valence-electron chi connectivity index (χ3n) is 9.34. The van der Waals surface area contributed by atoms with Crippen molar-refractivity contribution in [3.8, 4) is 22.3 Å². The quantitative estimate of drug-likeness (QED) is 0.210. The SMILES string of the molecule is Cc1ccc(-c2cccc3c(N(c4ccc5c(c4)C(C)(C)c4ccccc4-5)c4cccc5ccccc45)cccc23)cc1. The van der Waals surface area contributed by atoms with Crippen molar-refractivity contribution in [2.24, 2.45) is 0 Å². The molecule has 0 radical (unpaired) electrons. The number of hydrogen-bond acceptors (Lipinski definition) is 1. The Bertz CT molecular complexity index is 2160. The van der Waals surface area contributed by atoms with Crippen molar-refractivity contribution in [2.75, 3.05) is 4.90 Å². The standard InChI is InChI=1S/C42H33N/c1-28-21-23-30(24-22-28)32-15-9-17-37-34(32)16-10-20-41(37)43(40-19-8-12-29-11-4-5-13-33(29)40)31-25-26-36-35-14-6-7-18-38(35)42(2,3)39(36)27-31/h4-27H,1-3H3. The van der Waals surface area contributed by atoms with E-state index in [1.54, 1.807) is 0 Å². The van der Waals surface area contributed by atoms with E-state index in [1.165, 1.54) is 77.6 Å². The minimum atomic E-state index is -0.0796. The molecule has 0 N–H and O–H groups in total. The minimum Gasteiger partial charge on any atom is -0.309 e. The normalized spacial score (nSPS) is 13.2. The fourth-order valence-corrected chi connectivity index (χ4v) is 7.12. The van der Waals surface area contributed by atoms with Gasteiger partial charge in [-0.25, -0.2) is 0 Å². The summed E-state index contributed by atoms with van der Waals surface area (Å²) in [4.78, 5) is 2.48. The lowest BCUT2D eigenvalue weighted by Gasteiger charge is -2.30. The highest BCUT2D eigenvalue weighted by Crippen LogP contribution is 2.51. The van der Waals surface area contributed by atoms with Crippen LogP contribution < -0.4 is 4.90 Å². The highest BCUT2D eigenvalue weighted by molar-refractivity contribution is 6.08. The van der Waals surface area contributed by atoms with Gasteiger partial charge in [0, 0.05) is 21.9 Å². The lowest BCUT2D eigenvalue weighted by molar-refractivity contribution is 0.660. The molecule has 1 aliphatic carbocycles. The van der Waals surface area contributed by atoms with Gasteiger partial charge in [0.15, 0.2) is 0 Å². The lowest BCUT2D eigenvalue weighted by Crippen LogP contribution is -2.16. The molecule has 0 bridgehead atoms. The zero-order valence-electron chi connectivity index (χ0n) is 24.8. The van der Waals surface area contributed by atoms with Gasteiger partial charge in [0.25, 0.3) is 0 Å². The molecule has 1 nitrogen and oxygen atoms in total. The Morgan fingerprint density at radius 3 is 1.93 bits per heavy atom. The van der Waals surface area contributed by atoms with Gasteiger partial charge in [-0.2, -0.15) is 0 Å². The summed E-state index contributed by atoms with van der Waals surface area (Å²) in [5.74, 6) is 0.